The van der Waals surface area contributed by atoms with Gasteiger partial charge in [-0.25, -0.2) is 0 Å². The molecule has 2 aliphatic rings. The molecule has 1 heterocycles. The minimum absolute atomic E-state index is 0.0515. The van der Waals surface area contributed by atoms with E-state index in [1.54, 1.807) is 0 Å². The van der Waals surface area contributed by atoms with Gasteiger partial charge in [0, 0.05) is 23.8 Å². The Morgan fingerprint density at radius 3 is 2.38 bits per heavy atom. The number of hydrogen-bond acceptors (Lipinski definition) is 4. The van der Waals surface area contributed by atoms with Crippen molar-refractivity contribution in [2.24, 2.45) is 11.8 Å². The fraction of sp³-hybridized carbons (Fsp3) is 0.750. The second-order valence-electron chi connectivity index (χ2n) is 8.51. The Balaban J connectivity index is 1.77. The number of carbonyl (C=O) groups is 2. The lowest BCUT2D eigenvalue weighted by atomic mass is 9.69. The maximum absolute atomic E-state index is 11.3. The monoisotopic (exact) mass is 363 g/mol. The molecule has 2 saturated carbocycles. The maximum Gasteiger partial charge on any atom is 0.304 e. The predicted molar refractivity (Wildman–Crippen MR) is 95.3 cm³/mol. The van der Waals surface area contributed by atoms with Gasteiger partial charge in [0.25, 0.3) is 0 Å². The smallest absolute Gasteiger partial charge is 0.304 e. The van der Waals surface area contributed by atoms with Crippen molar-refractivity contribution in [2.75, 3.05) is 0 Å². The van der Waals surface area contributed by atoms with E-state index in [2.05, 4.69) is 19.0 Å². The molecule has 0 aromatic carbocycles. The van der Waals surface area contributed by atoms with Crippen molar-refractivity contribution < 1.29 is 24.3 Å². The summed E-state index contributed by atoms with van der Waals surface area (Å²) in [6.45, 7) is 4.49. The highest BCUT2D eigenvalue weighted by atomic mass is 16.5. The van der Waals surface area contributed by atoms with E-state index in [0.717, 1.165) is 42.9 Å². The Labute approximate surface area is 154 Å². The van der Waals surface area contributed by atoms with Gasteiger partial charge >= 0.3 is 11.9 Å². The van der Waals surface area contributed by atoms with Crippen molar-refractivity contribution in [1.29, 1.82) is 0 Å². The molecule has 6 nitrogen and oxygen atoms in total. The van der Waals surface area contributed by atoms with E-state index in [4.69, 9.17) is 9.63 Å². The third-order valence-corrected chi connectivity index (χ3v) is 5.69. The number of aliphatic carboxylic acids is 2. The third kappa shape index (κ3) is 4.46. The Morgan fingerprint density at radius 2 is 1.85 bits per heavy atom. The molecule has 1 atom stereocenters. The van der Waals surface area contributed by atoms with E-state index in [9.17, 15) is 14.7 Å². The van der Waals surface area contributed by atoms with Gasteiger partial charge in [-0.05, 0) is 56.3 Å². The van der Waals surface area contributed by atoms with Crippen LogP contribution >= 0.6 is 0 Å². The first-order valence-corrected chi connectivity index (χ1v) is 9.78. The fourth-order valence-electron chi connectivity index (χ4n) is 4.35. The summed E-state index contributed by atoms with van der Waals surface area (Å²) in [5.74, 6) is 0.973. The van der Waals surface area contributed by atoms with Crippen LogP contribution in [0.3, 0.4) is 0 Å². The second kappa shape index (κ2) is 7.80. The molecule has 0 bridgehead atoms. The molecular formula is C20H29NO5. The van der Waals surface area contributed by atoms with Crippen LogP contribution in [0.15, 0.2) is 4.52 Å². The summed E-state index contributed by atoms with van der Waals surface area (Å²) >= 11 is 0. The molecule has 26 heavy (non-hydrogen) atoms. The number of carboxylic acid groups (broad SMARTS) is 2. The zero-order valence-electron chi connectivity index (χ0n) is 15.6. The highest BCUT2D eigenvalue weighted by Gasteiger charge is 2.41. The molecule has 0 spiro atoms. The van der Waals surface area contributed by atoms with E-state index < -0.39 is 11.9 Å². The van der Waals surface area contributed by atoms with Crippen molar-refractivity contribution >= 4 is 11.9 Å². The van der Waals surface area contributed by atoms with Crippen molar-refractivity contribution in [3.05, 3.63) is 17.0 Å². The molecule has 3 rings (SSSR count). The molecule has 1 aromatic rings. The minimum atomic E-state index is -0.924. The van der Waals surface area contributed by atoms with E-state index in [1.165, 1.54) is 6.42 Å². The lowest BCUT2D eigenvalue weighted by Crippen LogP contribution is -2.23. The first-order valence-electron chi connectivity index (χ1n) is 9.78. The van der Waals surface area contributed by atoms with Gasteiger partial charge in [-0.3, -0.25) is 9.59 Å². The lowest BCUT2D eigenvalue weighted by molar-refractivity contribution is -0.139. The normalized spacial score (nSPS) is 23.7. The van der Waals surface area contributed by atoms with Crippen LogP contribution in [-0.2, 0) is 9.59 Å². The summed E-state index contributed by atoms with van der Waals surface area (Å²) in [6.07, 6.45) is 5.77. The predicted octanol–water partition coefficient (Wildman–Crippen LogP) is 4.51. The Hall–Kier alpha value is -1.85. The fourth-order valence-corrected chi connectivity index (χ4v) is 4.35. The first-order chi connectivity index (χ1) is 12.3. The van der Waals surface area contributed by atoms with E-state index in [1.807, 2.05) is 0 Å². The van der Waals surface area contributed by atoms with Crippen LogP contribution in [-0.4, -0.2) is 27.3 Å². The number of nitrogens with zero attached hydrogens (tertiary/aromatic N) is 1. The molecular weight excluding hydrogens is 334 g/mol. The SMILES string of the molecule is CC(C)CC1CC(c2onc(C(CCC(=O)O)CC(=O)O)c2C2CC2)C1. The summed E-state index contributed by atoms with van der Waals surface area (Å²) in [6, 6.07) is 0. The largest absolute Gasteiger partial charge is 0.481 e. The number of aromatic nitrogens is 1. The number of hydrogen-bond donors (Lipinski definition) is 2. The van der Waals surface area contributed by atoms with Gasteiger partial charge in [0.05, 0.1) is 12.1 Å². The van der Waals surface area contributed by atoms with Gasteiger partial charge in [-0.1, -0.05) is 19.0 Å². The zero-order valence-corrected chi connectivity index (χ0v) is 15.6. The molecule has 6 heteroatoms. The molecule has 0 aliphatic heterocycles. The highest BCUT2D eigenvalue weighted by molar-refractivity contribution is 5.69. The van der Waals surface area contributed by atoms with Crippen molar-refractivity contribution in [1.82, 2.24) is 5.16 Å². The van der Waals surface area contributed by atoms with Gasteiger partial charge in [0.1, 0.15) is 5.76 Å². The van der Waals surface area contributed by atoms with Crippen LogP contribution in [0.5, 0.6) is 0 Å². The van der Waals surface area contributed by atoms with Gasteiger partial charge < -0.3 is 14.7 Å². The Bertz CT molecular complexity index is 655. The second-order valence-corrected chi connectivity index (χ2v) is 8.51. The lowest BCUT2D eigenvalue weighted by Gasteiger charge is -2.35. The summed E-state index contributed by atoms with van der Waals surface area (Å²) in [7, 11) is 0. The number of carboxylic acids is 2. The molecule has 144 valence electrons. The van der Waals surface area contributed by atoms with Crippen LogP contribution in [0, 0.1) is 11.8 Å². The van der Waals surface area contributed by atoms with Crippen molar-refractivity contribution in [3.8, 4) is 0 Å². The zero-order chi connectivity index (χ0) is 18.8. The van der Waals surface area contributed by atoms with Crippen LogP contribution in [0.4, 0.5) is 0 Å². The van der Waals surface area contributed by atoms with Gasteiger partial charge in [-0.15, -0.1) is 0 Å². The third-order valence-electron chi connectivity index (χ3n) is 5.69. The van der Waals surface area contributed by atoms with Crippen molar-refractivity contribution in [3.63, 3.8) is 0 Å². The molecule has 1 aromatic heterocycles. The van der Waals surface area contributed by atoms with Crippen LogP contribution in [0.25, 0.3) is 0 Å². The van der Waals surface area contributed by atoms with Crippen LogP contribution in [0.1, 0.15) is 100.0 Å². The molecule has 0 radical (unpaired) electrons. The van der Waals surface area contributed by atoms with Crippen LogP contribution in [0.2, 0.25) is 0 Å². The van der Waals surface area contributed by atoms with Gasteiger partial charge in [-0.2, -0.15) is 0 Å². The molecule has 2 fully saturated rings. The molecule has 2 aliphatic carbocycles. The van der Waals surface area contributed by atoms with E-state index in [-0.39, 0.29) is 25.2 Å². The van der Waals surface area contributed by atoms with E-state index >= 15 is 0 Å². The summed E-state index contributed by atoms with van der Waals surface area (Å²) < 4.78 is 5.73. The van der Waals surface area contributed by atoms with E-state index in [0.29, 0.717) is 23.4 Å². The molecule has 0 saturated heterocycles. The topological polar surface area (TPSA) is 101 Å². The standard InChI is InChI=1S/C20H29NO5/c1-11(2)7-12-8-15(9-12)20-18(13-3-4-13)19(21-26-20)14(10-17(24)25)5-6-16(22)23/h11-15H,3-10H2,1-2H3,(H,22,23)(H,24,25). The summed E-state index contributed by atoms with van der Waals surface area (Å²) in [5.41, 5.74) is 1.81. The average molecular weight is 363 g/mol. The summed E-state index contributed by atoms with van der Waals surface area (Å²) in [5, 5.41) is 22.5. The van der Waals surface area contributed by atoms with Crippen LogP contribution < -0.4 is 0 Å². The molecule has 0 amide bonds. The minimum Gasteiger partial charge on any atom is -0.481 e. The summed E-state index contributed by atoms with van der Waals surface area (Å²) in [4.78, 5) is 22.2. The highest BCUT2D eigenvalue weighted by Crippen LogP contribution is 2.52. The maximum atomic E-state index is 11.3. The van der Waals surface area contributed by atoms with Gasteiger partial charge in [0.2, 0.25) is 0 Å². The first kappa shape index (κ1) is 18.9. The van der Waals surface area contributed by atoms with Crippen molar-refractivity contribution in [2.45, 2.75) is 83.0 Å². The average Bonchev–Trinajstić information content (AvgIpc) is 3.25. The molecule has 1 unspecified atom stereocenters. The Morgan fingerprint density at radius 1 is 1.15 bits per heavy atom. The molecule has 2 N–H and O–H groups in total. The Kier molecular flexibility index (Phi) is 5.68. The van der Waals surface area contributed by atoms with Gasteiger partial charge in [0.15, 0.2) is 0 Å². The number of rotatable bonds is 10. The quantitative estimate of drug-likeness (QED) is 0.634.